The number of halogens is 1. The Morgan fingerprint density at radius 1 is 1.30 bits per heavy atom. The summed E-state index contributed by atoms with van der Waals surface area (Å²) in [5.74, 6) is -1.40. The zero-order chi connectivity index (χ0) is 17.2. The van der Waals surface area contributed by atoms with Crippen LogP contribution in [0.2, 0.25) is 0 Å². The minimum atomic E-state index is -0.666. The van der Waals surface area contributed by atoms with Gasteiger partial charge in [0.25, 0.3) is 5.91 Å². The second-order valence-corrected chi connectivity index (χ2v) is 4.92. The molecular formula is C17H22FNO4. The molecule has 0 aromatic heterocycles. The number of benzene rings is 1. The monoisotopic (exact) mass is 323 g/mol. The second kappa shape index (κ2) is 9.61. The van der Waals surface area contributed by atoms with Gasteiger partial charge in [-0.15, -0.1) is 0 Å². The van der Waals surface area contributed by atoms with Gasteiger partial charge >= 0.3 is 5.97 Å². The van der Waals surface area contributed by atoms with Crippen molar-refractivity contribution in [1.82, 2.24) is 5.32 Å². The second-order valence-electron chi connectivity index (χ2n) is 4.92. The Morgan fingerprint density at radius 2 is 2.00 bits per heavy atom. The van der Waals surface area contributed by atoms with E-state index in [1.54, 1.807) is 6.07 Å². The minimum Gasteiger partial charge on any atom is -0.494 e. The molecule has 0 atom stereocenters. The van der Waals surface area contributed by atoms with E-state index < -0.39 is 11.8 Å². The van der Waals surface area contributed by atoms with Crippen LogP contribution in [0.5, 0.6) is 5.75 Å². The lowest BCUT2D eigenvalue weighted by Crippen LogP contribution is -2.36. The topological polar surface area (TPSA) is 64.6 Å². The van der Waals surface area contributed by atoms with E-state index in [4.69, 9.17) is 9.47 Å². The molecule has 0 aliphatic rings. The third-order valence-electron chi connectivity index (χ3n) is 3.28. The molecule has 23 heavy (non-hydrogen) atoms. The van der Waals surface area contributed by atoms with Crippen molar-refractivity contribution in [1.29, 1.82) is 0 Å². The van der Waals surface area contributed by atoms with E-state index >= 15 is 0 Å². The fourth-order valence-electron chi connectivity index (χ4n) is 1.90. The van der Waals surface area contributed by atoms with Gasteiger partial charge in [0.1, 0.15) is 0 Å². The Balaban J connectivity index is 2.47. The molecule has 1 aromatic carbocycles. The zero-order valence-electron chi connectivity index (χ0n) is 13.6. The van der Waals surface area contributed by atoms with Gasteiger partial charge < -0.3 is 14.8 Å². The Morgan fingerprint density at radius 3 is 2.57 bits per heavy atom. The molecule has 0 radical (unpaired) electrons. The Hall–Kier alpha value is -2.37. The number of esters is 1. The first-order valence-electron chi connectivity index (χ1n) is 7.47. The van der Waals surface area contributed by atoms with Crippen molar-refractivity contribution in [3.63, 3.8) is 0 Å². The van der Waals surface area contributed by atoms with Gasteiger partial charge in [0.05, 0.1) is 7.11 Å². The van der Waals surface area contributed by atoms with Crippen LogP contribution in [0.4, 0.5) is 4.39 Å². The van der Waals surface area contributed by atoms with Crippen LogP contribution in [-0.4, -0.2) is 31.6 Å². The van der Waals surface area contributed by atoms with Crippen molar-refractivity contribution in [3.8, 4) is 5.75 Å². The van der Waals surface area contributed by atoms with Crippen molar-refractivity contribution < 1.29 is 23.5 Å². The van der Waals surface area contributed by atoms with Crippen molar-refractivity contribution in [2.24, 2.45) is 0 Å². The van der Waals surface area contributed by atoms with E-state index in [9.17, 15) is 14.0 Å². The van der Waals surface area contributed by atoms with Gasteiger partial charge in [0, 0.05) is 12.1 Å². The molecule has 0 fully saturated rings. The lowest BCUT2D eigenvalue weighted by molar-refractivity contribution is -0.144. The first kappa shape index (κ1) is 18.7. The molecule has 6 heteroatoms. The molecule has 0 aliphatic heterocycles. The third kappa shape index (κ3) is 6.50. The highest BCUT2D eigenvalue weighted by Crippen LogP contribution is 2.18. The molecule has 1 aromatic rings. The number of amides is 1. The molecule has 1 N–H and O–H groups in total. The quantitative estimate of drug-likeness (QED) is 0.590. The molecule has 0 spiro atoms. The maximum Gasteiger partial charge on any atom is 0.331 e. The third-order valence-corrected chi connectivity index (χ3v) is 3.28. The van der Waals surface area contributed by atoms with Crippen molar-refractivity contribution >= 4 is 18.0 Å². The summed E-state index contributed by atoms with van der Waals surface area (Å²) in [6.07, 6.45) is 4.19. The van der Waals surface area contributed by atoms with Gasteiger partial charge in [0.2, 0.25) is 0 Å². The van der Waals surface area contributed by atoms with Gasteiger partial charge in [-0.1, -0.05) is 19.9 Å². The number of hydrogen-bond donors (Lipinski definition) is 1. The molecule has 0 saturated heterocycles. The standard InChI is InChI=1S/C17H22FNO4/c1-4-13(5-2)19-16(20)11-23-17(21)9-7-12-6-8-15(22-3)14(18)10-12/h6-10,13H,4-5,11H2,1-3H3,(H,19,20)/b9-7+. The molecule has 1 amide bonds. The average molecular weight is 323 g/mol. The number of nitrogens with one attached hydrogen (secondary N) is 1. The number of rotatable bonds is 8. The normalized spacial score (nSPS) is 10.8. The maximum absolute atomic E-state index is 13.5. The van der Waals surface area contributed by atoms with Gasteiger partial charge in [0.15, 0.2) is 18.2 Å². The zero-order valence-corrected chi connectivity index (χ0v) is 13.6. The lowest BCUT2D eigenvalue weighted by atomic mass is 10.2. The van der Waals surface area contributed by atoms with Crippen LogP contribution in [0.15, 0.2) is 24.3 Å². The highest BCUT2D eigenvalue weighted by molar-refractivity contribution is 5.89. The van der Waals surface area contributed by atoms with E-state index in [2.05, 4.69) is 5.32 Å². The summed E-state index contributed by atoms with van der Waals surface area (Å²) in [5, 5.41) is 2.76. The van der Waals surface area contributed by atoms with E-state index in [-0.39, 0.29) is 24.3 Å². The average Bonchev–Trinajstić information content (AvgIpc) is 2.56. The molecule has 0 aliphatic carbocycles. The molecule has 1 rings (SSSR count). The number of hydrogen-bond acceptors (Lipinski definition) is 4. The first-order chi connectivity index (χ1) is 11.0. The summed E-state index contributed by atoms with van der Waals surface area (Å²) in [6.45, 7) is 3.60. The number of methoxy groups -OCH3 is 1. The van der Waals surface area contributed by atoms with Gasteiger partial charge in [-0.3, -0.25) is 4.79 Å². The van der Waals surface area contributed by atoms with E-state index in [0.29, 0.717) is 5.56 Å². The smallest absolute Gasteiger partial charge is 0.331 e. The van der Waals surface area contributed by atoms with Crippen molar-refractivity contribution in [2.75, 3.05) is 13.7 Å². The predicted molar refractivity (Wildman–Crippen MR) is 85.5 cm³/mol. The minimum absolute atomic E-state index is 0.0824. The SMILES string of the molecule is CCC(CC)NC(=O)COC(=O)/C=C/c1ccc(OC)c(F)c1. The van der Waals surface area contributed by atoms with Crippen LogP contribution < -0.4 is 10.1 Å². The van der Waals surface area contributed by atoms with Gasteiger partial charge in [-0.25, -0.2) is 9.18 Å². The summed E-state index contributed by atoms with van der Waals surface area (Å²) in [6, 6.07) is 4.39. The van der Waals surface area contributed by atoms with E-state index in [1.165, 1.54) is 25.3 Å². The predicted octanol–water partition coefficient (Wildman–Crippen LogP) is 2.70. The summed E-state index contributed by atoms with van der Waals surface area (Å²) >= 11 is 0. The summed E-state index contributed by atoms with van der Waals surface area (Å²) in [7, 11) is 1.37. The molecule has 0 saturated carbocycles. The molecular weight excluding hydrogens is 301 g/mol. The van der Waals surface area contributed by atoms with Crippen LogP contribution in [0.3, 0.4) is 0 Å². The Labute approximate surface area is 135 Å². The molecule has 5 nitrogen and oxygen atoms in total. The summed E-state index contributed by atoms with van der Waals surface area (Å²) < 4.78 is 23.1. The van der Waals surface area contributed by atoms with Gasteiger partial charge in [-0.2, -0.15) is 0 Å². The molecule has 0 heterocycles. The van der Waals surface area contributed by atoms with Crippen molar-refractivity contribution in [2.45, 2.75) is 32.7 Å². The lowest BCUT2D eigenvalue weighted by Gasteiger charge is -2.14. The summed E-state index contributed by atoms with van der Waals surface area (Å²) in [4.78, 5) is 23.1. The fraction of sp³-hybridized carbons (Fsp3) is 0.412. The number of carbonyl (C=O) groups excluding carboxylic acids is 2. The first-order valence-corrected chi connectivity index (χ1v) is 7.47. The Kier molecular flexibility index (Phi) is 7.80. The largest absolute Gasteiger partial charge is 0.494 e. The van der Waals surface area contributed by atoms with Crippen LogP contribution in [0.1, 0.15) is 32.3 Å². The fourth-order valence-corrected chi connectivity index (χ4v) is 1.90. The molecule has 0 unspecified atom stereocenters. The van der Waals surface area contributed by atoms with E-state index in [0.717, 1.165) is 18.9 Å². The number of carbonyl (C=O) groups is 2. The van der Waals surface area contributed by atoms with Crippen LogP contribution in [0.25, 0.3) is 6.08 Å². The highest BCUT2D eigenvalue weighted by atomic mass is 19.1. The van der Waals surface area contributed by atoms with Gasteiger partial charge in [-0.05, 0) is 36.6 Å². The van der Waals surface area contributed by atoms with Crippen LogP contribution >= 0.6 is 0 Å². The van der Waals surface area contributed by atoms with Crippen molar-refractivity contribution in [3.05, 3.63) is 35.7 Å². The molecule has 126 valence electrons. The highest BCUT2D eigenvalue weighted by Gasteiger charge is 2.10. The Bertz CT molecular complexity index is 568. The summed E-state index contributed by atoms with van der Waals surface area (Å²) in [5.41, 5.74) is 0.488. The maximum atomic E-state index is 13.5. The molecule has 0 bridgehead atoms. The van der Waals surface area contributed by atoms with Crippen LogP contribution in [0, 0.1) is 5.82 Å². The van der Waals surface area contributed by atoms with Crippen LogP contribution in [-0.2, 0) is 14.3 Å². The number of ether oxygens (including phenoxy) is 2. The van der Waals surface area contributed by atoms with E-state index in [1.807, 2.05) is 13.8 Å².